The summed E-state index contributed by atoms with van der Waals surface area (Å²) < 4.78 is 27.2. The van der Waals surface area contributed by atoms with Crippen LogP contribution in [0.25, 0.3) is 0 Å². The van der Waals surface area contributed by atoms with Crippen LogP contribution in [0.2, 0.25) is 0 Å². The third-order valence-electron chi connectivity index (χ3n) is 3.16. The standard InChI is InChI=1S/C13H16F2N2O/c1-8-5-6-9(14)12(11(8)15)17-13(18)10-4-2-3-7-16-10/h5-6,10,16H,2-4,7H2,1H3,(H,17,18). The lowest BCUT2D eigenvalue weighted by molar-refractivity contribution is -0.118. The molecule has 1 fully saturated rings. The fraction of sp³-hybridized carbons (Fsp3) is 0.462. The Hall–Kier alpha value is -1.49. The summed E-state index contributed by atoms with van der Waals surface area (Å²) in [6, 6.07) is 2.14. The van der Waals surface area contributed by atoms with Crippen LogP contribution in [0.1, 0.15) is 24.8 Å². The zero-order valence-corrected chi connectivity index (χ0v) is 10.2. The molecule has 1 aromatic rings. The Bertz CT molecular complexity index is 457. The maximum atomic E-state index is 13.7. The van der Waals surface area contributed by atoms with Gasteiger partial charge in [0, 0.05) is 0 Å². The molecule has 1 amide bonds. The van der Waals surface area contributed by atoms with Crippen LogP contribution in [0, 0.1) is 18.6 Å². The summed E-state index contributed by atoms with van der Waals surface area (Å²) >= 11 is 0. The van der Waals surface area contributed by atoms with E-state index in [-0.39, 0.29) is 17.6 Å². The van der Waals surface area contributed by atoms with E-state index in [1.54, 1.807) is 0 Å². The molecule has 1 aromatic carbocycles. The normalized spacial score (nSPS) is 19.6. The minimum Gasteiger partial charge on any atom is -0.320 e. The second-order valence-corrected chi connectivity index (χ2v) is 4.55. The highest BCUT2D eigenvalue weighted by Gasteiger charge is 2.23. The fourth-order valence-corrected chi connectivity index (χ4v) is 2.06. The van der Waals surface area contributed by atoms with Gasteiger partial charge >= 0.3 is 0 Å². The van der Waals surface area contributed by atoms with Crippen molar-refractivity contribution in [3.63, 3.8) is 0 Å². The van der Waals surface area contributed by atoms with Gasteiger partial charge in [-0.2, -0.15) is 0 Å². The number of hydrogen-bond acceptors (Lipinski definition) is 2. The molecular formula is C13H16F2N2O. The van der Waals surface area contributed by atoms with Gasteiger partial charge in [0.2, 0.25) is 5.91 Å². The molecule has 2 N–H and O–H groups in total. The summed E-state index contributed by atoms with van der Waals surface area (Å²) in [7, 11) is 0. The van der Waals surface area contributed by atoms with Gasteiger partial charge < -0.3 is 10.6 Å². The lowest BCUT2D eigenvalue weighted by Gasteiger charge is -2.22. The number of nitrogens with one attached hydrogen (secondary N) is 2. The molecule has 18 heavy (non-hydrogen) atoms. The van der Waals surface area contributed by atoms with Gasteiger partial charge in [-0.3, -0.25) is 4.79 Å². The minimum atomic E-state index is -0.748. The van der Waals surface area contributed by atoms with Crippen LogP contribution < -0.4 is 10.6 Å². The van der Waals surface area contributed by atoms with E-state index in [0.29, 0.717) is 12.0 Å². The molecule has 0 aliphatic carbocycles. The molecule has 1 unspecified atom stereocenters. The Morgan fingerprint density at radius 2 is 2.17 bits per heavy atom. The number of anilines is 1. The second kappa shape index (κ2) is 5.44. The van der Waals surface area contributed by atoms with Crippen LogP contribution in [0.3, 0.4) is 0 Å². The summed E-state index contributed by atoms with van der Waals surface area (Å²) in [6.07, 6.45) is 2.67. The van der Waals surface area contributed by atoms with E-state index < -0.39 is 11.6 Å². The van der Waals surface area contributed by atoms with E-state index in [9.17, 15) is 13.6 Å². The van der Waals surface area contributed by atoms with Crippen molar-refractivity contribution in [2.24, 2.45) is 0 Å². The molecule has 1 heterocycles. The van der Waals surface area contributed by atoms with Crippen LogP contribution >= 0.6 is 0 Å². The predicted octanol–water partition coefficient (Wildman–Crippen LogP) is 2.35. The predicted molar refractivity (Wildman–Crippen MR) is 65.4 cm³/mol. The highest BCUT2D eigenvalue weighted by molar-refractivity contribution is 5.95. The van der Waals surface area contributed by atoms with Gasteiger partial charge in [-0.05, 0) is 37.9 Å². The number of piperidine rings is 1. The lowest BCUT2D eigenvalue weighted by atomic mass is 10.0. The van der Waals surface area contributed by atoms with Crippen molar-refractivity contribution in [3.05, 3.63) is 29.3 Å². The first kappa shape index (κ1) is 13.0. The average molecular weight is 254 g/mol. The second-order valence-electron chi connectivity index (χ2n) is 4.55. The van der Waals surface area contributed by atoms with Gasteiger partial charge in [-0.1, -0.05) is 12.5 Å². The van der Waals surface area contributed by atoms with E-state index in [1.807, 2.05) is 0 Å². The van der Waals surface area contributed by atoms with Crippen molar-refractivity contribution < 1.29 is 13.6 Å². The molecule has 5 heteroatoms. The van der Waals surface area contributed by atoms with Gasteiger partial charge in [-0.25, -0.2) is 8.78 Å². The molecule has 0 radical (unpaired) electrons. The Morgan fingerprint density at radius 1 is 1.39 bits per heavy atom. The molecule has 1 saturated heterocycles. The molecule has 98 valence electrons. The molecule has 1 aliphatic heterocycles. The number of halogens is 2. The maximum Gasteiger partial charge on any atom is 0.241 e. The molecule has 0 saturated carbocycles. The molecule has 0 spiro atoms. The number of carbonyl (C=O) groups is 1. The average Bonchev–Trinajstić information content (AvgIpc) is 2.40. The van der Waals surface area contributed by atoms with E-state index in [4.69, 9.17) is 0 Å². The number of benzene rings is 1. The van der Waals surface area contributed by atoms with Crippen molar-refractivity contribution in [1.82, 2.24) is 5.32 Å². The quantitative estimate of drug-likeness (QED) is 0.850. The zero-order valence-electron chi connectivity index (χ0n) is 10.2. The van der Waals surface area contributed by atoms with Crippen molar-refractivity contribution in [3.8, 4) is 0 Å². The number of rotatable bonds is 2. The largest absolute Gasteiger partial charge is 0.320 e. The number of amides is 1. The van der Waals surface area contributed by atoms with Crippen LogP contribution in [0.4, 0.5) is 14.5 Å². The Morgan fingerprint density at radius 3 is 2.83 bits per heavy atom. The molecule has 0 bridgehead atoms. The molecule has 3 nitrogen and oxygen atoms in total. The van der Waals surface area contributed by atoms with Gasteiger partial charge in [0.15, 0.2) is 5.82 Å². The number of hydrogen-bond donors (Lipinski definition) is 2. The summed E-state index contributed by atoms with van der Waals surface area (Å²) in [5.41, 5.74) is -0.0457. The Labute approximate surface area is 105 Å². The van der Waals surface area contributed by atoms with Gasteiger partial charge in [0.25, 0.3) is 0 Å². The SMILES string of the molecule is Cc1ccc(F)c(NC(=O)C2CCCCN2)c1F. The van der Waals surface area contributed by atoms with E-state index >= 15 is 0 Å². The van der Waals surface area contributed by atoms with Crippen LogP contribution in [-0.4, -0.2) is 18.5 Å². The summed E-state index contributed by atoms with van der Waals surface area (Å²) in [6.45, 7) is 2.29. The highest BCUT2D eigenvalue weighted by Crippen LogP contribution is 2.22. The molecule has 1 aliphatic rings. The Balaban J connectivity index is 2.13. The summed E-state index contributed by atoms with van der Waals surface area (Å²) in [5.74, 6) is -1.83. The maximum absolute atomic E-state index is 13.7. The smallest absolute Gasteiger partial charge is 0.241 e. The van der Waals surface area contributed by atoms with Crippen LogP contribution in [-0.2, 0) is 4.79 Å². The minimum absolute atomic E-state index is 0.309. The molecule has 0 aromatic heterocycles. The van der Waals surface area contributed by atoms with E-state index in [2.05, 4.69) is 10.6 Å². The zero-order chi connectivity index (χ0) is 13.1. The van der Waals surface area contributed by atoms with Crippen molar-refractivity contribution >= 4 is 11.6 Å². The topological polar surface area (TPSA) is 41.1 Å². The van der Waals surface area contributed by atoms with Crippen molar-refractivity contribution in [2.45, 2.75) is 32.2 Å². The number of aryl methyl sites for hydroxylation is 1. The molecular weight excluding hydrogens is 238 g/mol. The van der Waals surface area contributed by atoms with Crippen molar-refractivity contribution in [1.29, 1.82) is 0 Å². The first-order valence-corrected chi connectivity index (χ1v) is 6.08. The van der Waals surface area contributed by atoms with Crippen LogP contribution in [0.5, 0.6) is 0 Å². The van der Waals surface area contributed by atoms with Crippen LogP contribution in [0.15, 0.2) is 12.1 Å². The first-order chi connectivity index (χ1) is 8.59. The summed E-state index contributed by atoms with van der Waals surface area (Å²) in [5, 5.41) is 5.37. The third kappa shape index (κ3) is 2.67. The van der Waals surface area contributed by atoms with Gasteiger partial charge in [-0.15, -0.1) is 0 Å². The van der Waals surface area contributed by atoms with Gasteiger partial charge in [0.05, 0.1) is 6.04 Å². The molecule has 1 atom stereocenters. The van der Waals surface area contributed by atoms with Gasteiger partial charge in [0.1, 0.15) is 11.5 Å². The van der Waals surface area contributed by atoms with Crippen molar-refractivity contribution in [2.75, 3.05) is 11.9 Å². The molecule has 2 rings (SSSR count). The van der Waals surface area contributed by atoms with E-state index in [0.717, 1.165) is 25.5 Å². The fourth-order valence-electron chi connectivity index (χ4n) is 2.06. The first-order valence-electron chi connectivity index (χ1n) is 6.08. The Kier molecular flexibility index (Phi) is 3.91. The monoisotopic (exact) mass is 254 g/mol. The number of carbonyl (C=O) groups excluding carboxylic acids is 1. The third-order valence-corrected chi connectivity index (χ3v) is 3.16. The summed E-state index contributed by atoms with van der Waals surface area (Å²) in [4.78, 5) is 11.9. The van der Waals surface area contributed by atoms with E-state index in [1.165, 1.54) is 13.0 Å². The highest BCUT2D eigenvalue weighted by atomic mass is 19.1. The lowest BCUT2D eigenvalue weighted by Crippen LogP contribution is -2.43.